The van der Waals surface area contributed by atoms with E-state index in [0.717, 1.165) is 38.5 Å². The van der Waals surface area contributed by atoms with Crippen LogP contribution in [0, 0.1) is 0 Å². The highest BCUT2D eigenvalue weighted by molar-refractivity contribution is 5.80. The molecule has 4 atom stereocenters. The minimum Gasteiger partial charge on any atom is -0.394 e. The molecule has 0 aliphatic carbocycles. The van der Waals surface area contributed by atoms with Gasteiger partial charge in [-0.05, 0) is 38.5 Å². The van der Waals surface area contributed by atoms with Crippen LogP contribution in [0.2, 0.25) is 0 Å². The van der Waals surface area contributed by atoms with Crippen molar-refractivity contribution in [2.24, 2.45) is 0 Å². The van der Waals surface area contributed by atoms with Crippen molar-refractivity contribution in [1.82, 2.24) is 5.32 Å². The smallest absolute Gasteiger partial charge is 0.249 e. The number of unbranched alkanes of at least 4 members (excludes halogenated alkanes) is 34. The summed E-state index contributed by atoms with van der Waals surface area (Å²) in [7, 11) is 0. The Morgan fingerprint density at radius 3 is 1.09 bits per heavy atom. The second kappa shape index (κ2) is 44.2. The molecular formula is C49H97NO5. The lowest BCUT2D eigenvalue weighted by atomic mass is 10.00. The van der Waals surface area contributed by atoms with E-state index in [1.54, 1.807) is 0 Å². The lowest BCUT2D eigenvalue weighted by Crippen LogP contribution is -2.53. The fourth-order valence-corrected chi connectivity index (χ4v) is 7.82. The van der Waals surface area contributed by atoms with E-state index >= 15 is 0 Å². The third-order valence-electron chi connectivity index (χ3n) is 11.7. The first-order chi connectivity index (χ1) is 27.0. The van der Waals surface area contributed by atoms with Crippen molar-refractivity contribution in [3.63, 3.8) is 0 Å². The van der Waals surface area contributed by atoms with Gasteiger partial charge in [-0.25, -0.2) is 0 Å². The Labute approximate surface area is 342 Å². The van der Waals surface area contributed by atoms with Crippen molar-refractivity contribution >= 4 is 5.91 Å². The average Bonchev–Trinajstić information content (AvgIpc) is 3.19. The molecule has 0 radical (unpaired) electrons. The van der Waals surface area contributed by atoms with Gasteiger partial charge in [0.05, 0.1) is 18.8 Å². The Bertz CT molecular complexity index is 791. The highest BCUT2D eigenvalue weighted by Crippen LogP contribution is 2.17. The molecule has 55 heavy (non-hydrogen) atoms. The van der Waals surface area contributed by atoms with E-state index in [1.165, 1.54) is 199 Å². The van der Waals surface area contributed by atoms with E-state index in [-0.39, 0.29) is 0 Å². The molecule has 0 fully saturated rings. The Kier molecular flexibility index (Phi) is 43.4. The third kappa shape index (κ3) is 38.3. The molecule has 0 saturated carbocycles. The molecule has 0 rings (SSSR count). The molecule has 1 amide bonds. The van der Waals surface area contributed by atoms with Gasteiger partial charge < -0.3 is 25.7 Å². The highest BCUT2D eigenvalue weighted by atomic mass is 16.3. The fourth-order valence-electron chi connectivity index (χ4n) is 7.82. The van der Waals surface area contributed by atoms with E-state index in [4.69, 9.17) is 0 Å². The van der Waals surface area contributed by atoms with Crippen LogP contribution in [-0.4, -0.2) is 57.3 Å². The summed E-state index contributed by atoms with van der Waals surface area (Å²) in [6.07, 6.45) is 49.8. The zero-order valence-corrected chi connectivity index (χ0v) is 36.9. The number of carbonyl (C=O) groups excluding carboxylic acids is 1. The SMILES string of the molecule is CCCCCCCCCCCC/C=C/CCCC(O)C(O)C(CO)NC(=O)C(O)CCCCCCCCCCCCCCCCCCCCCCCCCC. The molecular weight excluding hydrogens is 683 g/mol. The number of aliphatic hydroxyl groups excluding tert-OH is 4. The van der Waals surface area contributed by atoms with E-state index in [2.05, 4.69) is 31.3 Å². The Balaban J connectivity index is 3.65. The largest absolute Gasteiger partial charge is 0.394 e. The van der Waals surface area contributed by atoms with Crippen LogP contribution in [0.15, 0.2) is 12.2 Å². The van der Waals surface area contributed by atoms with Crippen LogP contribution in [0.4, 0.5) is 0 Å². The Morgan fingerprint density at radius 1 is 0.436 bits per heavy atom. The number of aliphatic hydroxyl groups is 4. The molecule has 0 aromatic carbocycles. The molecule has 5 N–H and O–H groups in total. The normalized spacial score (nSPS) is 14.1. The van der Waals surface area contributed by atoms with Crippen molar-refractivity contribution < 1.29 is 25.2 Å². The quantitative estimate of drug-likeness (QED) is 0.0312. The molecule has 0 aliphatic rings. The second-order valence-corrected chi connectivity index (χ2v) is 17.2. The van der Waals surface area contributed by atoms with Crippen molar-refractivity contribution in [2.75, 3.05) is 6.61 Å². The van der Waals surface area contributed by atoms with Crippen molar-refractivity contribution in [2.45, 2.75) is 289 Å². The van der Waals surface area contributed by atoms with Crippen LogP contribution in [-0.2, 0) is 4.79 Å². The number of hydrogen-bond acceptors (Lipinski definition) is 5. The number of hydrogen-bond donors (Lipinski definition) is 5. The summed E-state index contributed by atoms with van der Waals surface area (Å²) in [6, 6.07) is -0.997. The first-order valence-corrected chi connectivity index (χ1v) is 24.6. The predicted octanol–water partition coefficient (Wildman–Crippen LogP) is 13.4. The minimum absolute atomic E-state index is 0.368. The molecule has 0 aliphatic heterocycles. The van der Waals surface area contributed by atoms with Gasteiger partial charge in [0.15, 0.2) is 0 Å². The van der Waals surface area contributed by atoms with Crippen LogP contribution in [0.5, 0.6) is 0 Å². The summed E-state index contributed by atoms with van der Waals surface area (Å²) in [5, 5.41) is 43.7. The van der Waals surface area contributed by atoms with Gasteiger partial charge in [0, 0.05) is 0 Å². The molecule has 0 spiro atoms. The predicted molar refractivity (Wildman–Crippen MR) is 238 cm³/mol. The maximum atomic E-state index is 12.5. The summed E-state index contributed by atoms with van der Waals surface area (Å²) in [5.74, 6) is -0.589. The lowest BCUT2D eigenvalue weighted by Gasteiger charge is -2.27. The second-order valence-electron chi connectivity index (χ2n) is 17.2. The Hall–Kier alpha value is -0.950. The Morgan fingerprint density at radius 2 is 0.745 bits per heavy atom. The van der Waals surface area contributed by atoms with Crippen molar-refractivity contribution in [1.29, 1.82) is 0 Å². The molecule has 0 aromatic rings. The van der Waals surface area contributed by atoms with Crippen LogP contribution in [0.1, 0.15) is 264 Å². The van der Waals surface area contributed by atoms with Gasteiger partial charge in [-0.3, -0.25) is 4.79 Å². The summed E-state index contributed by atoms with van der Waals surface area (Å²) >= 11 is 0. The molecule has 328 valence electrons. The molecule has 4 unspecified atom stereocenters. The van der Waals surface area contributed by atoms with Gasteiger partial charge >= 0.3 is 0 Å². The number of nitrogens with one attached hydrogen (secondary N) is 1. The van der Waals surface area contributed by atoms with Gasteiger partial charge in [-0.1, -0.05) is 238 Å². The molecule has 0 aromatic heterocycles. The van der Waals surface area contributed by atoms with Crippen LogP contribution in [0.3, 0.4) is 0 Å². The number of amides is 1. The third-order valence-corrected chi connectivity index (χ3v) is 11.7. The van der Waals surface area contributed by atoms with E-state index in [9.17, 15) is 25.2 Å². The first-order valence-electron chi connectivity index (χ1n) is 24.6. The molecule has 0 saturated heterocycles. The average molecular weight is 780 g/mol. The number of carbonyl (C=O) groups is 1. The molecule has 0 heterocycles. The van der Waals surface area contributed by atoms with Crippen LogP contribution >= 0.6 is 0 Å². The zero-order chi connectivity index (χ0) is 40.3. The first kappa shape index (κ1) is 54.0. The zero-order valence-electron chi connectivity index (χ0n) is 36.9. The maximum Gasteiger partial charge on any atom is 0.249 e. The van der Waals surface area contributed by atoms with Gasteiger partial charge in [0.1, 0.15) is 12.2 Å². The number of rotatable bonds is 45. The molecule has 0 bridgehead atoms. The summed E-state index contributed by atoms with van der Waals surface area (Å²) in [6.45, 7) is 4.06. The number of allylic oxidation sites excluding steroid dienone is 2. The van der Waals surface area contributed by atoms with Crippen molar-refractivity contribution in [3.8, 4) is 0 Å². The minimum atomic E-state index is -1.28. The van der Waals surface area contributed by atoms with Gasteiger partial charge in [0.25, 0.3) is 0 Å². The monoisotopic (exact) mass is 780 g/mol. The lowest BCUT2D eigenvalue weighted by molar-refractivity contribution is -0.132. The molecule has 6 heteroatoms. The molecule has 6 nitrogen and oxygen atoms in total. The van der Waals surface area contributed by atoms with E-state index in [0.29, 0.717) is 12.8 Å². The van der Waals surface area contributed by atoms with E-state index in [1.807, 2.05) is 0 Å². The fraction of sp³-hybridized carbons (Fsp3) is 0.939. The van der Waals surface area contributed by atoms with Gasteiger partial charge in [0.2, 0.25) is 5.91 Å². The van der Waals surface area contributed by atoms with Crippen LogP contribution < -0.4 is 5.32 Å². The van der Waals surface area contributed by atoms with Crippen molar-refractivity contribution in [3.05, 3.63) is 12.2 Å². The van der Waals surface area contributed by atoms with Gasteiger partial charge in [-0.2, -0.15) is 0 Å². The summed E-state index contributed by atoms with van der Waals surface area (Å²) in [4.78, 5) is 12.5. The standard InChI is InChI=1S/C49H97NO5/c1-3-5-7-9-11-13-15-17-19-20-21-22-23-24-25-26-27-29-31-33-35-37-39-41-43-47(53)49(55)50-45(44-51)48(54)46(52)42-40-38-36-34-32-30-28-18-16-14-12-10-8-6-4-2/h34,36,45-48,51-54H,3-33,35,37-44H2,1-2H3,(H,50,55)/b36-34+. The van der Waals surface area contributed by atoms with E-state index < -0.39 is 36.9 Å². The topological polar surface area (TPSA) is 110 Å². The van der Waals surface area contributed by atoms with Gasteiger partial charge in [-0.15, -0.1) is 0 Å². The highest BCUT2D eigenvalue weighted by Gasteiger charge is 2.28. The summed E-state index contributed by atoms with van der Waals surface area (Å²) < 4.78 is 0. The summed E-state index contributed by atoms with van der Waals surface area (Å²) in [5.41, 5.74) is 0. The maximum absolute atomic E-state index is 12.5. The van der Waals surface area contributed by atoms with Crippen LogP contribution in [0.25, 0.3) is 0 Å².